The minimum Gasteiger partial charge on any atom is -0.487 e. The molecule has 1 unspecified atom stereocenters. The molecule has 0 aliphatic heterocycles. The van der Waals surface area contributed by atoms with Gasteiger partial charge in [-0.15, -0.1) is 0 Å². The van der Waals surface area contributed by atoms with Crippen molar-refractivity contribution in [3.8, 4) is 22.8 Å². The van der Waals surface area contributed by atoms with Crippen LogP contribution < -0.4 is 10.2 Å². The van der Waals surface area contributed by atoms with Crippen LogP contribution in [0.1, 0.15) is 11.3 Å². The molecule has 176 valence electrons. The Labute approximate surface area is 191 Å². The van der Waals surface area contributed by atoms with Crippen LogP contribution in [0.5, 0.6) is 5.75 Å². The summed E-state index contributed by atoms with van der Waals surface area (Å²) < 4.78 is 45.2. The van der Waals surface area contributed by atoms with Gasteiger partial charge in [0, 0.05) is 31.3 Å². The molecule has 3 aromatic heterocycles. The summed E-state index contributed by atoms with van der Waals surface area (Å²) >= 11 is 0. The zero-order valence-electron chi connectivity index (χ0n) is 17.8. The van der Waals surface area contributed by atoms with Crippen molar-refractivity contribution < 1.29 is 23.0 Å². The highest BCUT2D eigenvalue weighted by Gasteiger charge is 2.38. The van der Waals surface area contributed by atoms with Gasteiger partial charge in [-0.3, -0.25) is 9.48 Å². The van der Waals surface area contributed by atoms with Crippen LogP contribution >= 0.6 is 0 Å². The van der Waals surface area contributed by atoms with Crippen molar-refractivity contribution in [3.63, 3.8) is 0 Å². The third kappa shape index (κ3) is 5.46. The van der Waals surface area contributed by atoms with Crippen molar-refractivity contribution in [2.75, 3.05) is 6.61 Å². The summed E-state index contributed by atoms with van der Waals surface area (Å²) in [6.07, 6.45) is 0.336. The normalized spacial score (nSPS) is 12.5. The van der Waals surface area contributed by atoms with Gasteiger partial charge in [0.2, 0.25) is 5.43 Å². The maximum Gasteiger partial charge on any atom is 0.417 e. The summed E-state index contributed by atoms with van der Waals surface area (Å²) in [5.41, 5.74) is 2.29. The topological polar surface area (TPSA) is 108 Å². The molecule has 0 spiro atoms. The number of rotatable bonds is 7. The highest BCUT2D eigenvalue weighted by atomic mass is 19.4. The van der Waals surface area contributed by atoms with Gasteiger partial charge in [0.1, 0.15) is 18.0 Å². The Morgan fingerprint density at radius 2 is 1.91 bits per heavy atom. The first-order valence-corrected chi connectivity index (χ1v) is 10.1. The quantitative estimate of drug-likeness (QED) is 0.440. The van der Waals surface area contributed by atoms with Crippen molar-refractivity contribution in [1.29, 1.82) is 0 Å². The van der Waals surface area contributed by atoms with E-state index in [0.29, 0.717) is 17.1 Å². The third-order valence-corrected chi connectivity index (χ3v) is 4.81. The zero-order chi connectivity index (χ0) is 24.3. The maximum absolute atomic E-state index is 12.4. The number of benzene rings is 1. The average Bonchev–Trinajstić information content (AvgIpc) is 3.25. The number of halogens is 3. The van der Waals surface area contributed by atoms with E-state index in [2.05, 4.69) is 20.2 Å². The Kier molecular flexibility index (Phi) is 6.41. The number of aryl methyl sites for hydroxylation is 1. The summed E-state index contributed by atoms with van der Waals surface area (Å²) in [5.74, 6) is 0.312. The van der Waals surface area contributed by atoms with E-state index in [1.165, 1.54) is 18.5 Å². The Morgan fingerprint density at radius 1 is 1.15 bits per heavy atom. The maximum atomic E-state index is 12.4. The van der Waals surface area contributed by atoms with Gasteiger partial charge < -0.3 is 9.84 Å². The first kappa shape index (κ1) is 23.1. The molecule has 12 heteroatoms. The van der Waals surface area contributed by atoms with Crippen LogP contribution in [0.15, 0.2) is 66.1 Å². The van der Waals surface area contributed by atoms with Crippen molar-refractivity contribution in [2.24, 2.45) is 7.05 Å². The van der Waals surface area contributed by atoms with E-state index in [1.54, 1.807) is 53.2 Å². The van der Waals surface area contributed by atoms with Crippen molar-refractivity contribution >= 4 is 0 Å². The van der Waals surface area contributed by atoms with Crippen LogP contribution in [0.4, 0.5) is 13.2 Å². The first-order valence-electron chi connectivity index (χ1n) is 10.1. The van der Waals surface area contributed by atoms with Gasteiger partial charge in [-0.05, 0) is 11.6 Å². The molecule has 0 aliphatic carbocycles. The smallest absolute Gasteiger partial charge is 0.417 e. The predicted molar refractivity (Wildman–Crippen MR) is 114 cm³/mol. The summed E-state index contributed by atoms with van der Waals surface area (Å²) in [4.78, 5) is 20.6. The fraction of sp³-hybridized carbons (Fsp3) is 0.227. The molecule has 1 atom stereocenters. The molecule has 4 aromatic rings. The van der Waals surface area contributed by atoms with E-state index in [-0.39, 0.29) is 17.6 Å². The van der Waals surface area contributed by atoms with E-state index < -0.39 is 18.9 Å². The monoisotopic (exact) mass is 472 g/mol. The van der Waals surface area contributed by atoms with Crippen molar-refractivity contribution in [3.05, 3.63) is 82.8 Å². The highest BCUT2D eigenvalue weighted by Crippen LogP contribution is 2.22. The SMILES string of the molecule is Cn1cc(-n2ccc(=O)c(Cc3cccc(-c4ncc(OCC(O)C(F)(F)F)cn4)c3)n2)cn1. The van der Waals surface area contributed by atoms with Gasteiger partial charge in [0.25, 0.3) is 0 Å². The first-order chi connectivity index (χ1) is 16.2. The van der Waals surface area contributed by atoms with Crippen LogP contribution in [0, 0.1) is 0 Å². The number of alkyl halides is 3. The van der Waals surface area contributed by atoms with Crippen LogP contribution in [0.3, 0.4) is 0 Å². The molecule has 0 bridgehead atoms. The average molecular weight is 472 g/mol. The molecule has 0 saturated heterocycles. The van der Waals surface area contributed by atoms with Gasteiger partial charge >= 0.3 is 6.18 Å². The van der Waals surface area contributed by atoms with Crippen molar-refractivity contribution in [1.82, 2.24) is 29.5 Å². The predicted octanol–water partition coefficient (Wildman–Crippen LogP) is 2.32. The summed E-state index contributed by atoms with van der Waals surface area (Å²) in [6, 6.07) is 8.62. The van der Waals surface area contributed by atoms with Crippen LogP contribution in [0.25, 0.3) is 17.1 Å². The fourth-order valence-corrected chi connectivity index (χ4v) is 3.06. The lowest BCUT2D eigenvalue weighted by Crippen LogP contribution is -2.34. The lowest BCUT2D eigenvalue weighted by molar-refractivity contribution is -0.210. The number of aromatic nitrogens is 6. The van der Waals surface area contributed by atoms with Crippen LogP contribution in [0.2, 0.25) is 0 Å². The number of aliphatic hydroxyl groups is 1. The van der Waals surface area contributed by atoms with Gasteiger partial charge in [-0.2, -0.15) is 23.4 Å². The second-order valence-corrected chi connectivity index (χ2v) is 7.43. The highest BCUT2D eigenvalue weighted by molar-refractivity contribution is 5.56. The minimum absolute atomic E-state index is 0.00681. The second kappa shape index (κ2) is 9.43. The molecule has 34 heavy (non-hydrogen) atoms. The largest absolute Gasteiger partial charge is 0.487 e. The van der Waals surface area contributed by atoms with Gasteiger partial charge in [-0.1, -0.05) is 18.2 Å². The molecule has 1 N–H and O–H groups in total. The van der Waals surface area contributed by atoms with Gasteiger partial charge in [0.05, 0.1) is 24.8 Å². The van der Waals surface area contributed by atoms with Gasteiger partial charge in [-0.25, -0.2) is 14.6 Å². The molecule has 0 amide bonds. The Balaban J connectivity index is 1.49. The fourth-order valence-electron chi connectivity index (χ4n) is 3.06. The molecule has 0 saturated carbocycles. The van der Waals surface area contributed by atoms with E-state index in [0.717, 1.165) is 11.3 Å². The number of ether oxygens (including phenoxy) is 1. The standard InChI is InChI=1S/C22H19F3N6O3/c1-30-12-16(9-28-30)31-6-5-19(32)18(29-31)8-14-3-2-4-15(7-14)21-26-10-17(11-27-21)34-13-20(33)22(23,24)25/h2-7,9-12,20,33H,8,13H2,1H3. The molecule has 1 aromatic carbocycles. The summed E-state index contributed by atoms with van der Waals surface area (Å²) in [5, 5.41) is 17.5. The van der Waals surface area contributed by atoms with Gasteiger partial charge in [0.15, 0.2) is 17.7 Å². The lowest BCUT2D eigenvalue weighted by Gasteiger charge is -2.14. The third-order valence-electron chi connectivity index (χ3n) is 4.81. The van der Waals surface area contributed by atoms with Crippen molar-refractivity contribution in [2.45, 2.75) is 18.7 Å². The van der Waals surface area contributed by atoms with E-state index in [4.69, 9.17) is 9.84 Å². The van der Waals surface area contributed by atoms with E-state index in [9.17, 15) is 18.0 Å². The Hall–Kier alpha value is -4.06. The second-order valence-electron chi connectivity index (χ2n) is 7.43. The molecule has 9 nitrogen and oxygen atoms in total. The number of nitrogens with zero attached hydrogens (tertiary/aromatic N) is 6. The van der Waals surface area contributed by atoms with E-state index in [1.807, 2.05) is 6.07 Å². The minimum atomic E-state index is -4.77. The molecular formula is C22H19F3N6O3. The molecule has 4 rings (SSSR count). The summed E-state index contributed by atoms with van der Waals surface area (Å²) in [6.45, 7) is -0.956. The Morgan fingerprint density at radius 3 is 2.59 bits per heavy atom. The Bertz CT molecular complexity index is 1330. The molecule has 0 aliphatic rings. The van der Waals surface area contributed by atoms with Crippen LogP contribution in [-0.4, -0.2) is 53.5 Å². The number of hydrogen-bond donors (Lipinski definition) is 1. The molecule has 0 fully saturated rings. The molecular weight excluding hydrogens is 453 g/mol. The number of aliphatic hydroxyl groups excluding tert-OH is 1. The van der Waals surface area contributed by atoms with Crippen LogP contribution in [-0.2, 0) is 13.5 Å². The number of hydrogen-bond acceptors (Lipinski definition) is 7. The lowest BCUT2D eigenvalue weighted by atomic mass is 10.1. The van der Waals surface area contributed by atoms with E-state index >= 15 is 0 Å². The zero-order valence-corrected chi connectivity index (χ0v) is 17.8. The molecule has 3 heterocycles. The molecule has 0 radical (unpaired) electrons. The summed E-state index contributed by atoms with van der Waals surface area (Å²) in [7, 11) is 1.78.